The van der Waals surface area contributed by atoms with Crippen LogP contribution in [-0.4, -0.2) is 16.4 Å². The Kier molecular flexibility index (Phi) is 13.5. The maximum Gasteiger partial charge on any atom is 0.0661 e. The molecule has 0 aromatic heterocycles. The number of nitrogens with two attached hydrogens (primary N) is 1. The number of aliphatic hydroxyl groups is 1. The molecule has 0 aliphatic rings. The largest absolute Gasteiger partial charge is 0.402 e. The average molecular weight is 427 g/mol. The van der Waals surface area contributed by atoms with Crippen molar-refractivity contribution in [1.29, 1.82) is 5.41 Å². The lowest BCUT2D eigenvalue weighted by Gasteiger charge is -2.24. The highest BCUT2D eigenvalue weighted by molar-refractivity contribution is 6.12. The Labute approximate surface area is 192 Å². The molecule has 0 saturated heterocycles. The van der Waals surface area contributed by atoms with Gasteiger partial charge in [0.05, 0.1) is 11.3 Å². The molecule has 0 radical (unpaired) electrons. The van der Waals surface area contributed by atoms with Crippen molar-refractivity contribution in [3.63, 3.8) is 0 Å². The zero-order valence-electron chi connectivity index (χ0n) is 19.3. The minimum absolute atomic E-state index is 0. The van der Waals surface area contributed by atoms with Crippen LogP contribution in [0.25, 0.3) is 0 Å². The van der Waals surface area contributed by atoms with E-state index < -0.39 is 5.60 Å². The van der Waals surface area contributed by atoms with Crippen molar-refractivity contribution >= 4 is 5.71 Å². The van der Waals surface area contributed by atoms with E-state index in [-0.39, 0.29) is 8.85 Å². The summed E-state index contributed by atoms with van der Waals surface area (Å²) in [6.45, 7) is 11.8. The minimum atomic E-state index is -0.795. The molecule has 1 unspecified atom stereocenters. The molecule has 31 heavy (non-hydrogen) atoms. The van der Waals surface area contributed by atoms with Crippen LogP contribution in [0.2, 0.25) is 0 Å². The zero-order chi connectivity index (χ0) is 22.6. The first-order chi connectivity index (χ1) is 14.2. The van der Waals surface area contributed by atoms with E-state index in [1.807, 2.05) is 32.1 Å². The molecule has 1 aromatic carbocycles. The Bertz CT molecular complexity index is 786. The molecule has 4 N–H and O–H groups in total. The lowest BCUT2D eigenvalue weighted by molar-refractivity contribution is 0.0424. The first-order valence-corrected chi connectivity index (χ1v) is 11.0. The maximum absolute atomic E-state index is 10.9. The van der Waals surface area contributed by atoms with Crippen LogP contribution in [0.15, 0.2) is 72.0 Å². The summed E-state index contributed by atoms with van der Waals surface area (Å²) >= 11 is 0. The molecule has 0 aliphatic carbocycles. The van der Waals surface area contributed by atoms with Gasteiger partial charge in [-0.3, -0.25) is 5.41 Å². The number of nitrogens with one attached hydrogen (secondary N) is 1. The van der Waals surface area contributed by atoms with Gasteiger partial charge in [-0.05, 0) is 76.0 Å². The molecular weight excluding hydrogens is 380 g/mol. The summed E-state index contributed by atoms with van der Waals surface area (Å²) in [5.41, 5.74) is 11.0. The first-order valence-electron chi connectivity index (χ1n) is 11.0. The molecule has 174 valence electrons. The molecule has 3 nitrogen and oxygen atoms in total. The van der Waals surface area contributed by atoms with Crippen LogP contribution in [0.1, 0.15) is 79.3 Å². The van der Waals surface area contributed by atoms with E-state index in [2.05, 4.69) is 44.7 Å². The number of hydrogen-bond donors (Lipinski definition) is 3. The van der Waals surface area contributed by atoms with Gasteiger partial charge in [-0.25, -0.2) is 0 Å². The van der Waals surface area contributed by atoms with Crippen LogP contribution >= 0.6 is 0 Å². The fraction of sp³-hybridized carbons (Fsp3) is 0.464. The Morgan fingerprint density at radius 1 is 1.23 bits per heavy atom. The van der Waals surface area contributed by atoms with Crippen molar-refractivity contribution in [2.45, 2.75) is 85.7 Å². The van der Waals surface area contributed by atoms with Gasteiger partial charge in [0.1, 0.15) is 0 Å². The number of hydrogen-bond acceptors (Lipinski definition) is 3. The van der Waals surface area contributed by atoms with Gasteiger partial charge < -0.3 is 10.8 Å². The minimum Gasteiger partial charge on any atom is -0.402 e. The van der Waals surface area contributed by atoms with Crippen LogP contribution in [-0.2, 0) is 6.42 Å². The van der Waals surface area contributed by atoms with Gasteiger partial charge in [0, 0.05) is 7.12 Å². The molecule has 0 bridgehead atoms. The van der Waals surface area contributed by atoms with E-state index in [1.54, 1.807) is 6.08 Å². The van der Waals surface area contributed by atoms with Gasteiger partial charge in [-0.1, -0.05) is 81.5 Å². The number of unbranched alkanes of at least 4 members (excludes halogenated alkanes) is 1. The molecule has 0 heterocycles. The summed E-state index contributed by atoms with van der Waals surface area (Å²) in [6.07, 6.45) is 12.9. The second-order valence-corrected chi connectivity index (χ2v) is 8.32. The molecule has 1 rings (SSSR count). The number of aryl methyl sites for hydroxylation is 2. The van der Waals surface area contributed by atoms with Crippen molar-refractivity contribution < 1.29 is 6.53 Å². The van der Waals surface area contributed by atoms with Crippen LogP contribution in [0, 0.1) is 12.3 Å². The number of benzene rings is 1. The molecular formula is C28H46N2O. The highest BCUT2D eigenvalue weighted by Gasteiger charge is 2.21. The Morgan fingerprint density at radius 2 is 1.87 bits per heavy atom. The summed E-state index contributed by atoms with van der Waals surface area (Å²) in [7, 11) is 0. The fourth-order valence-electron chi connectivity index (χ4n) is 3.35. The summed E-state index contributed by atoms with van der Waals surface area (Å²) in [5.74, 6) is 0. The number of rotatable bonds is 13. The SMILES string of the molecule is C.C=C/C=C(\C=C/C)C(=N)/C(CCCC)=C(\N)CCC(C)(O)CCc1ccc(C)cc1.[HH]. The normalized spacial score (nSPS) is 14.5. The fourth-order valence-corrected chi connectivity index (χ4v) is 3.35. The quantitative estimate of drug-likeness (QED) is 0.226. The monoisotopic (exact) mass is 426 g/mol. The molecule has 0 fully saturated rings. The van der Waals surface area contributed by atoms with E-state index in [1.165, 1.54) is 11.1 Å². The highest BCUT2D eigenvalue weighted by atomic mass is 16.3. The van der Waals surface area contributed by atoms with Gasteiger partial charge in [-0.15, -0.1) is 0 Å². The molecule has 0 saturated carbocycles. The molecule has 0 spiro atoms. The van der Waals surface area contributed by atoms with Crippen LogP contribution in [0.4, 0.5) is 0 Å². The Hall–Kier alpha value is -2.39. The van der Waals surface area contributed by atoms with E-state index in [0.29, 0.717) is 30.7 Å². The summed E-state index contributed by atoms with van der Waals surface area (Å²) in [5, 5.41) is 19.6. The van der Waals surface area contributed by atoms with Crippen molar-refractivity contribution in [3.05, 3.63) is 83.1 Å². The summed E-state index contributed by atoms with van der Waals surface area (Å²) in [6, 6.07) is 8.46. The molecule has 3 heteroatoms. The van der Waals surface area contributed by atoms with E-state index in [0.717, 1.165) is 36.8 Å². The highest BCUT2D eigenvalue weighted by Crippen LogP contribution is 2.25. The third-order valence-corrected chi connectivity index (χ3v) is 5.41. The van der Waals surface area contributed by atoms with E-state index >= 15 is 0 Å². The molecule has 1 atom stereocenters. The average Bonchev–Trinajstić information content (AvgIpc) is 2.72. The molecule has 0 amide bonds. The second-order valence-electron chi connectivity index (χ2n) is 8.32. The van der Waals surface area contributed by atoms with Gasteiger partial charge >= 0.3 is 0 Å². The third-order valence-electron chi connectivity index (χ3n) is 5.41. The summed E-state index contributed by atoms with van der Waals surface area (Å²) < 4.78 is 0. The lowest BCUT2D eigenvalue weighted by Crippen LogP contribution is -2.26. The van der Waals surface area contributed by atoms with Crippen molar-refractivity contribution in [2.75, 3.05) is 0 Å². The smallest absolute Gasteiger partial charge is 0.0661 e. The third kappa shape index (κ3) is 10.5. The predicted molar refractivity (Wildman–Crippen MR) is 140 cm³/mol. The van der Waals surface area contributed by atoms with E-state index in [9.17, 15) is 5.11 Å². The Morgan fingerprint density at radius 3 is 2.42 bits per heavy atom. The van der Waals surface area contributed by atoms with Gasteiger partial charge in [0.15, 0.2) is 0 Å². The van der Waals surface area contributed by atoms with Gasteiger partial charge in [0.2, 0.25) is 0 Å². The van der Waals surface area contributed by atoms with E-state index in [4.69, 9.17) is 11.1 Å². The van der Waals surface area contributed by atoms with Crippen LogP contribution in [0.3, 0.4) is 0 Å². The topological polar surface area (TPSA) is 70.1 Å². The van der Waals surface area contributed by atoms with Gasteiger partial charge in [0.25, 0.3) is 0 Å². The predicted octanol–water partition coefficient (Wildman–Crippen LogP) is 7.45. The lowest BCUT2D eigenvalue weighted by atomic mass is 9.89. The molecule has 1 aromatic rings. The van der Waals surface area contributed by atoms with Crippen molar-refractivity contribution in [2.24, 2.45) is 5.73 Å². The van der Waals surface area contributed by atoms with Crippen LogP contribution in [0.5, 0.6) is 0 Å². The standard InChI is InChI=1S/C27H40N2O.CH4.H2/c1-6-9-12-24(26(29)23(10-7-2)11-8-3)25(28)18-20-27(5,30)19-17-22-15-13-21(4)14-16-22;;/h7-8,10-11,13-16,29-30H,2,6,9,12,17-20,28H2,1,3-5H3;1H4;1H/b11-8-,23-10+,25-24-,29-26?;;. The van der Waals surface area contributed by atoms with Crippen LogP contribution < -0.4 is 5.73 Å². The zero-order valence-corrected chi connectivity index (χ0v) is 19.3. The van der Waals surface area contributed by atoms with Crippen molar-refractivity contribution in [1.82, 2.24) is 0 Å². The molecule has 0 aliphatic heterocycles. The Balaban J connectivity index is 0. The first kappa shape index (κ1) is 28.6. The maximum atomic E-state index is 10.9. The summed E-state index contributed by atoms with van der Waals surface area (Å²) in [4.78, 5) is 0. The van der Waals surface area contributed by atoms with Gasteiger partial charge in [-0.2, -0.15) is 0 Å². The van der Waals surface area contributed by atoms with Crippen molar-refractivity contribution in [3.8, 4) is 0 Å². The number of allylic oxidation sites excluding steroid dienone is 7. The second kappa shape index (κ2) is 14.6.